The van der Waals surface area contributed by atoms with Crippen molar-refractivity contribution in [1.29, 1.82) is 0 Å². The smallest absolute Gasteiger partial charge is 0.255 e. The zero-order valence-electron chi connectivity index (χ0n) is 22.0. The van der Waals surface area contributed by atoms with E-state index >= 15 is 0 Å². The first kappa shape index (κ1) is 27.4. The third-order valence-corrected chi connectivity index (χ3v) is 9.46. The summed E-state index contributed by atoms with van der Waals surface area (Å²) >= 11 is 0. The summed E-state index contributed by atoms with van der Waals surface area (Å²) in [6.45, 7) is 1.79. The third kappa shape index (κ3) is 4.14. The van der Waals surface area contributed by atoms with E-state index in [0.717, 1.165) is 5.56 Å². The van der Waals surface area contributed by atoms with Gasteiger partial charge in [0.2, 0.25) is 10.0 Å². The molecule has 4 atom stereocenters. The zero-order valence-corrected chi connectivity index (χ0v) is 22.8. The predicted octanol–water partition coefficient (Wildman–Crippen LogP) is 1.80. The predicted molar refractivity (Wildman–Crippen MR) is 144 cm³/mol. The number of sulfonamides is 1. The van der Waals surface area contributed by atoms with Gasteiger partial charge in [-0.25, -0.2) is 13.1 Å². The molecule has 2 aromatic rings. The SMILES string of the molecule is Cc1ccc(S(=O)(=O)NC2C(O)=C(C(N)=O)C(=O)C3C(O)=C4C(=O)c5c(O)ccc(N(C)C)c5CC4CC23)cc1. The maximum absolute atomic E-state index is 13.7. The second-order valence-electron chi connectivity index (χ2n) is 10.7. The molecule has 3 aliphatic carbocycles. The summed E-state index contributed by atoms with van der Waals surface area (Å²) in [6, 6.07) is 7.49. The normalized spacial score (nSPS) is 24.4. The number of nitrogens with zero attached hydrogens (tertiary/aromatic N) is 1. The molecule has 0 bridgehead atoms. The van der Waals surface area contributed by atoms with Gasteiger partial charge >= 0.3 is 0 Å². The largest absolute Gasteiger partial charge is 0.511 e. The summed E-state index contributed by atoms with van der Waals surface area (Å²) in [5.41, 5.74) is 6.53. The Kier molecular flexibility index (Phi) is 6.50. The standard InChI is InChI=1S/C28H29N3O8S/c1-12-4-6-14(7-5-12)40(38,39)30-23-16-11-13-10-15-17(31(2)3)8-9-18(32)20(15)24(33)19(13)25(34)21(16)26(35)22(27(23)36)28(29)37/h4-9,13,16,21,23,30,32,34,36H,10-11H2,1-3H3,(H2,29,37). The van der Waals surface area contributed by atoms with Crippen molar-refractivity contribution in [1.82, 2.24) is 4.72 Å². The highest BCUT2D eigenvalue weighted by Gasteiger charge is 2.54. The van der Waals surface area contributed by atoms with E-state index < -0.39 is 68.4 Å². The van der Waals surface area contributed by atoms with Crippen LogP contribution in [-0.2, 0) is 26.0 Å². The maximum atomic E-state index is 13.7. The molecule has 0 saturated carbocycles. The summed E-state index contributed by atoms with van der Waals surface area (Å²) in [5.74, 6) is -7.92. The minimum absolute atomic E-state index is 0.0100. The third-order valence-electron chi connectivity index (χ3n) is 8.00. The average Bonchev–Trinajstić information content (AvgIpc) is 2.86. The maximum Gasteiger partial charge on any atom is 0.255 e. The Hall–Kier alpha value is -4.16. The molecular weight excluding hydrogens is 538 g/mol. The van der Waals surface area contributed by atoms with Gasteiger partial charge in [0.1, 0.15) is 22.8 Å². The van der Waals surface area contributed by atoms with E-state index in [4.69, 9.17) is 5.73 Å². The Morgan fingerprint density at radius 1 is 1.02 bits per heavy atom. The van der Waals surface area contributed by atoms with Crippen molar-refractivity contribution in [3.8, 4) is 5.75 Å². The number of anilines is 1. The zero-order chi connectivity index (χ0) is 29.3. The molecule has 0 fully saturated rings. The van der Waals surface area contributed by atoms with Crippen molar-refractivity contribution in [2.45, 2.75) is 30.7 Å². The van der Waals surface area contributed by atoms with Gasteiger partial charge in [-0.05, 0) is 55.5 Å². The fraction of sp³-hybridized carbons (Fsp3) is 0.321. The van der Waals surface area contributed by atoms with Crippen LogP contribution in [0.4, 0.5) is 5.69 Å². The minimum atomic E-state index is -4.27. The molecule has 0 radical (unpaired) electrons. The lowest BCUT2D eigenvalue weighted by molar-refractivity contribution is -0.126. The molecule has 6 N–H and O–H groups in total. The highest BCUT2D eigenvalue weighted by molar-refractivity contribution is 7.89. The number of hydrogen-bond acceptors (Lipinski definition) is 9. The lowest BCUT2D eigenvalue weighted by Crippen LogP contribution is -2.54. The van der Waals surface area contributed by atoms with Crippen molar-refractivity contribution >= 4 is 33.2 Å². The van der Waals surface area contributed by atoms with Gasteiger partial charge in [-0.3, -0.25) is 14.4 Å². The van der Waals surface area contributed by atoms with Crippen LogP contribution in [-0.4, -0.2) is 61.3 Å². The van der Waals surface area contributed by atoms with Crippen LogP contribution in [0.2, 0.25) is 0 Å². The molecule has 12 heteroatoms. The number of fused-ring (bicyclic) bond motifs is 3. The number of allylic oxidation sites excluding steroid dienone is 2. The monoisotopic (exact) mass is 567 g/mol. The first-order valence-electron chi connectivity index (χ1n) is 12.6. The molecule has 3 aliphatic rings. The van der Waals surface area contributed by atoms with Crippen molar-refractivity contribution in [3.05, 3.63) is 75.8 Å². The highest BCUT2D eigenvalue weighted by Crippen LogP contribution is 2.50. The van der Waals surface area contributed by atoms with E-state index in [0.29, 0.717) is 11.3 Å². The molecular formula is C28H29N3O8S. The van der Waals surface area contributed by atoms with E-state index in [2.05, 4.69) is 4.72 Å². The fourth-order valence-corrected chi connectivity index (χ4v) is 7.42. The van der Waals surface area contributed by atoms with Gasteiger partial charge in [0.15, 0.2) is 11.6 Å². The molecule has 0 aliphatic heterocycles. The highest BCUT2D eigenvalue weighted by atomic mass is 32.2. The number of rotatable bonds is 5. The number of aliphatic hydroxyl groups excluding tert-OH is 2. The molecule has 0 heterocycles. The van der Waals surface area contributed by atoms with Crippen LogP contribution in [0.5, 0.6) is 5.75 Å². The fourth-order valence-electron chi connectivity index (χ4n) is 6.16. The summed E-state index contributed by atoms with van der Waals surface area (Å²) in [5, 5.41) is 33.0. The van der Waals surface area contributed by atoms with Gasteiger partial charge in [-0.2, -0.15) is 0 Å². The molecule has 1 amide bonds. The second kappa shape index (κ2) is 9.49. The van der Waals surface area contributed by atoms with E-state index in [9.17, 15) is 38.1 Å². The van der Waals surface area contributed by atoms with Crippen molar-refractivity contribution in [3.63, 3.8) is 0 Å². The Morgan fingerprint density at radius 3 is 2.27 bits per heavy atom. The number of aryl methyl sites for hydroxylation is 1. The van der Waals surface area contributed by atoms with Crippen LogP contribution < -0.4 is 15.4 Å². The van der Waals surface area contributed by atoms with E-state index in [-0.39, 0.29) is 34.6 Å². The van der Waals surface area contributed by atoms with Crippen molar-refractivity contribution < 1.29 is 38.1 Å². The van der Waals surface area contributed by atoms with Crippen LogP contribution in [0.3, 0.4) is 0 Å². The second-order valence-corrected chi connectivity index (χ2v) is 12.4. The summed E-state index contributed by atoms with van der Waals surface area (Å²) < 4.78 is 29.0. The van der Waals surface area contributed by atoms with Crippen LogP contribution in [0, 0.1) is 24.7 Å². The number of ketones is 2. The van der Waals surface area contributed by atoms with Gasteiger partial charge in [0.25, 0.3) is 5.91 Å². The summed E-state index contributed by atoms with van der Waals surface area (Å²) in [6.07, 6.45) is 0.213. The number of hydrogen-bond donors (Lipinski definition) is 5. The Labute approximate surface area is 230 Å². The van der Waals surface area contributed by atoms with Crippen LogP contribution in [0.25, 0.3) is 0 Å². The number of nitrogens with one attached hydrogen (secondary N) is 1. The van der Waals surface area contributed by atoms with E-state index in [1.807, 2.05) is 0 Å². The molecule has 40 heavy (non-hydrogen) atoms. The van der Waals surface area contributed by atoms with Gasteiger partial charge in [0.05, 0.1) is 22.4 Å². The number of benzene rings is 2. The average molecular weight is 568 g/mol. The number of nitrogens with two attached hydrogens (primary N) is 1. The Morgan fingerprint density at radius 2 is 1.68 bits per heavy atom. The lowest BCUT2D eigenvalue weighted by atomic mass is 9.61. The summed E-state index contributed by atoms with van der Waals surface area (Å²) in [4.78, 5) is 41.0. The van der Waals surface area contributed by atoms with Crippen molar-refractivity contribution in [2.24, 2.45) is 23.5 Å². The van der Waals surface area contributed by atoms with Crippen LogP contribution in [0.1, 0.15) is 27.9 Å². The minimum Gasteiger partial charge on any atom is -0.511 e. The van der Waals surface area contributed by atoms with E-state index in [1.165, 1.54) is 18.2 Å². The molecule has 210 valence electrons. The topological polar surface area (TPSA) is 187 Å². The van der Waals surface area contributed by atoms with Gasteiger partial charge in [0, 0.05) is 31.3 Å². The number of phenols is 1. The van der Waals surface area contributed by atoms with Gasteiger partial charge in [-0.15, -0.1) is 0 Å². The molecule has 5 rings (SSSR count). The molecule has 4 unspecified atom stereocenters. The number of primary amides is 1. The summed E-state index contributed by atoms with van der Waals surface area (Å²) in [7, 11) is -0.711. The lowest BCUT2D eigenvalue weighted by Gasteiger charge is -2.44. The number of amides is 1. The van der Waals surface area contributed by atoms with Gasteiger partial charge in [-0.1, -0.05) is 17.7 Å². The van der Waals surface area contributed by atoms with Crippen LogP contribution in [0.15, 0.2) is 64.0 Å². The van der Waals surface area contributed by atoms with Crippen molar-refractivity contribution in [2.75, 3.05) is 19.0 Å². The van der Waals surface area contributed by atoms with Crippen LogP contribution >= 0.6 is 0 Å². The molecule has 0 aromatic heterocycles. The molecule has 0 saturated heterocycles. The molecule has 2 aromatic carbocycles. The number of phenolic OH excluding ortho intramolecular Hbond substituents is 1. The number of aliphatic hydroxyl groups is 2. The number of carbonyl (C=O) groups is 3. The van der Waals surface area contributed by atoms with E-state index in [1.54, 1.807) is 44.1 Å². The molecule has 11 nitrogen and oxygen atoms in total. The first-order valence-corrected chi connectivity index (χ1v) is 14.1. The quantitative estimate of drug-likeness (QED) is 0.336. The van der Waals surface area contributed by atoms with Gasteiger partial charge < -0.3 is 26.0 Å². The Balaban J connectivity index is 1.65. The first-order chi connectivity index (χ1) is 18.7. The number of carbonyl (C=O) groups excluding carboxylic acids is 3. The number of Topliss-reactive ketones (excluding diaryl/α,β-unsaturated/α-hetero) is 2. The Bertz CT molecular complexity index is 1640. The number of aromatic hydroxyl groups is 1. The molecule has 0 spiro atoms.